The number of hydrogen-bond donors (Lipinski definition) is 1. The predicted molar refractivity (Wildman–Crippen MR) is 108 cm³/mol. The summed E-state index contributed by atoms with van der Waals surface area (Å²) in [4.78, 5) is 13.5. The van der Waals surface area contributed by atoms with Gasteiger partial charge in [0, 0.05) is 25.6 Å². The molecular weight excluding hydrogens is 340 g/mol. The highest BCUT2D eigenvalue weighted by Gasteiger charge is 2.24. The summed E-state index contributed by atoms with van der Waals surface area (Å²) < 4.78 is 11.7. The lowest BCUT2D eigenvalue weighted by molar-refractivity contribution is -0.119. The minimum absolute atomic E-state index is 0.00168. The van der Waals surface area contributed by atoms with Crippen LogP contribution < -0.4 is 19.7 Å². The van der Waals surface area contributed by atoms with Gasteiger partial charge in [0.15, 0.2) is 0 Å². The predicted octanol–water partition coefficient (Wildman–Crippen LogP) is 3.94. The monoisotopic (exact) mass is 368 g/mol. The molecule has 1 fully saturated rings. The molecule has 5 heteroatoms. The van der Waals surface area contributed by atoms with Crippen molar-refractivity contribution in [3.05, 3.63) is 54.1 Å². The van der Waals surface area contributed by atoms with Crippen molar-refractivity contribution in [2.45, 2.75) is 39.3 Å². The number of nitrogens with one attached hydrogen (secondary N) is 1. The number of amides is 1. The molecule has 144 valence electrons. The fraction of sp³-hybridized carbons (Fsp3) is 0.409. The first-order valence-electron chi connectivity index (χ1n) is 9.56. The van der Waals surface area contributed by atoms with Crippen LogP contribution in [0, 0.1) is 0 Å². The maximum atomic E-state index is 11.2. The highest BCUT2D eigenvalue weighted by atomic mass is 16.5. The maximum Gasteiger partial charge on any atom is 0.217 e. The van der Waals surface area contributed by atoms with Gasteiger partial charge in [-0.25, -0.2) is 0 Å². The Morgan fingerprint density at radius 1 is 1.15 bits per heavy atom. The smallest absolute Gasteiger partial charge is 0.217 e. The highest BCUT2D eigenvalue weighted by Crippen LogP contribution is 2.26. The number of benzene rings is 2. The van der Waals surface area contributed by atoms with Crippen LogP contribution in [0.4, 0.5) is 5.69 Å². The lowest BCUT2D eigenvalue weighted by Gasteiger charge is -2.20. The molecule has 1 saturated heterocycles. The molecule has 0 aliphatic carbocycles. The molecule has 0 radical (unpaired) electrons. The minimum Gasteiger partial charge on any atom is -0.494 e. The van der Waals surface area contributed by atoms with Crippen molar-refractivity contribution in [1.29, 1.82) is 0 Å². The van der Waals surface area contributed by atoms with Crippen LogP contribution in [0.25, 0.3) is 0 Å². The molecular formula is C22H28N2O3. The summed E-state index contributed by atoms with van der Waals surface area (Å²) in [6.07, 6.45) is 1.17. The number of rotatable bonds is 7. The Labute approximate surface area is 161 Å². The average molecular weight is 368 g/mol. The van der Waals surface area contributed by atoms with Crippen molar-refractivity contribution in [3.8, 4) is 11.5 Å². The number of anilines is 1. The van der Waals surface area contributed by atoms with E-state index in [1.807, 2.05) is 50.2 Å². The summed E-state index contributed by atoms with van der Waals surface area (Å²) in [7, 11) is 0. The molecule has 0 saturated carbocycles. The van der Waals surface area contributed by atoms with Gasteiger partial charge in [0.25, 0.3) is 0 Å². The molecule has 5 nitrogen and oxygen atoms in total. The van der Waals surface area contributed by atoms with Crippen LogP contribution in [0.15, 0.2) is 48.5 Å². The molecule has 0 spiro atoms. The Morgan fingerprint density at radius 2 is 1.81 bits per heavy atom. The Balaban J connectivity index is 1.54. The molecule has 0 bridgehead atoms. The minimum atomic E-state index is -0.0248. The van der Waals surface area contributed by atoms with Gasteiger partial charge in [-0.15, -0.1) is 0 Å². The Kier molecular flexibility index (Phi) is 6.22. The first kappa shape index (κ1) is 19.1. The summed E-state index contributed by atoms with van der Waals surface area (Å²) in [5.74, 6) is 1.75. The van der Waals surface area contributed by atoms with Gasteiger partial charge in [-0.2, -0.15) is 0 Å². The second kappa shape index (κ2) is 8.80. The van der Waals surface area contributed by atoms with Gasteiger partial charge in [-0.05, 0) is 55.8 Å². The lowest BCUT2D eigenvalue weighted by atomic mass is 10.1. The molecule has 1 heterocycles. The number of nitrogens with zero attached hydrogens (tertiary/aromatic N) is 1. The average Bonchev–Trinajstić information content (AvgIpc) is 3.11. The van der Waals surface area contributed by atoms with Crippen molar-refractivity contribution < 1.29 is 14.3 Å². The SMILES string of the molecule is CCOc1ccc(N2CCC(Oc3ccc(C(C)NC(C)=O)cc3)C2)cc1. The topological polar surface area (TPSA) is 50.8 Å². The van der Waals surface area contributed by atoms with Crippen molar-refractivity contribution >= 4 is 11.6 Å². The maximum absolute atomic E-state index is 11.2. The quantitative estimate of drug-likeness (QED) is 0.804. The zero-order chi connectivity index (χ0) is 19.2. The molecule has 2 aromatic rings. The summed E-state index contributed by atoms with van der Waals surface area (Å²) in [6, 6.07) is 16.2. The van der Waals surface area contributed by atoms with Crippen LogP contribution in [0.2, 0.25) is 0 Å². The fourth-order valence-electron chi connectivity index (χ4n) is 3.39. The van der Waals surface area contributed by atoms with Crippen LogP contribution in [0.5, 0.6) is 11.5 Å². The third-order valence-electron chi connectivity index (χ3n) is 4.76. The second-order valence-corrected chi connectivity index (χ2v) is 6.89. The highest BCUT2D eigenvalue weighted by molar-refractivity contribution is 5.73. The van der Waals surface area contributed by atoms with E-state index < -0.39 is 0 Å². The summed E-state index contributed by atoms with van der Waals surface area (Å²) in [5.41, 5.74) is 2.27. The molecule has 1 N–H and O–H groups in total. The normalized spacial score (nSPS) is 17.4. The van der Waals surface area contributed by atoms with E-state index in [1.54, 1.807) is 0 Å². The van der Waals surface area contributed by atoms with E-state index in [-0.39, 0.29) is 18.1 Å². The van der Waals surface area contributed by atoms with Gasteiger partial charge in [0.05, 0.1) is 19.2 Å². The molecule has 27 heavy (non-hydrogen) atoms. The molecule has 3 rings (SSSR count). The third-order valence-corrected chi connectivity index (χ3v) is 4.76. The van der Waals surface area contributed by atoms with Gasteiger partial charge in [-0.3, -0.25) is 4.79 Å². The Hall–Kier alpha value is -2.69. The van der Waals surface area contributed by atoms with Gasteiger partial charge in [0.1, 0.15) is 17.6 Å². The number of hydrogen-bond acceptors (Lipinski definition) is 4. The van der Waals surface area contributed by atoms with Crippen molar-refractivity contribution in [3.63, 3.8) is 0 Å². The molecule has 1 aliphatic heterocycles. The summed E-state index contributed by atoms with van der Waals surface area (Å²) in [5, 5.41) is 2.89. The third kappa shape index (κ3) is 5.16. The van der Waals surface area contributed by atoms with Crippen LogP contribution in [-0.2, 0) is 4.79 Å². The van der Waals surface area contributed by atoms with E-state index in [4.69, 9.17) is 9.47 Å². The van der Waals surface area contributed by atoms with E-state index in [9.17, 15) is 4.79 Å². The molecule has 2 atom stereocenters. The van der Waals surface area contributed by atoms with Gasteiger partial charge < -0.3 is 19.7 Å². The number of carbonyl (C=O) groups excluding carboxylic acids is 1. The first-order chi connectivity index (χ1) is 13.0. The van der Waals surface area contributed by atoms with Crippen molar-refractivity contribution in [1.82, 2.24) is 5.32 Å². The summed E-state index contributed by atoms with van der Waals surface area (Å²) >= 11 is 0. The van der Waals surface area contributed by atoms with Crippen molar-refractivity contribution in [2.75, 3.05) is 24.6 Å². The van der Waals surface area contributed by atoms with Gasteiger partial charge >= 0.3 is 0 Å². The van der Waals surface area contributed by atoms with E-state index in [0.29, 0.717) is 6.61 Å². The van der Waals surface area contributed by atoms with Crippen LogP contribution in [0.3, 0.4) is 0 Å². The lowest BCUT2D eigenvalue weighted by Crippen LogP contribution is -2.24. The number of ether oxygens (including phenoxy) is 2. The van der Waals surface area contributed by atoms with E-state index >= 15 is 0 Å². The molecule has 2 unspecified atom stereocenters. The van der Waals surface area contributed by atoms with Crippen LogP contribution in [-0.4, -0.2) is 31.7 Å². The molecule has 2 aromatic carbocycles. The largest absolute Gasteiger partial charge is 0.494 e. The van der Waals surface area contributed by atoms with Crippen LogP contribution >= 0.6 is 0 Å². The Morgan fingerprint density at radius 3 is 2.44 bits per heavy atom. The second-order valence-electron chi connectivity index (χ2n) is 6.89. The van der Waals surface area contributed by atoms with Gasteiger partial charge in [0.2, 0.25) is 5.91 Å². The molecule has 1 aliphatic rings. The summed E-state index contributed by atoms with van der Waals surface area (Å²) in [6.45, 7) is 8.03. The zero-order valence-corrected chi connectivity index (χ0v) is 16.3. The van der Waals surface area contributed by atoms with Crippen LogP contribution in [0.1, 0.15) is 38.8 Å². The van der Waals surface area contributed by atoms with Gasteiger partial charge in [-0.1, -0.05) is 12.1 Å². The van der Waals surface area contributed by atoms with E-state index in [1.165, 1.54) is 12.6 Å². The van der Waals surface area contributed by atoms with E-state index in [2.05, 4.69) is 22.3 Å². The number of carbonyl (C=O) groups is 1. The molecule has 1 amide bonds. The standard InChI is InChI=1S/C22H28N2O3/c1-4-26-20-11-7-19(8-12-20)24-14-13-22(15-24)27-21-9-5-18(6-10-21)16(2)23-17(3)25/h5-12,16,22H,4,13-15H2,1-3H3,(H,23,25). The van der Waals surface area contributed by atoms with Crippen molar-refractivity contribution in [2.24, 2.45) is 0 Å². The fourth-order valence-corrected chi connectivity index (χ4v) is 3.39. The zero-order valence-electron chi connectivity index (χ0n) is 16.3. The van der Waals surface area contributed by atoms with E-state index in [0.717, 1.165) is 36.6 Å². The molecule has 0 aromatic heterocycles. The first-order valence-corrected chi connectivity index (χ1v) is 9.56. The Bertz CT molecular complexity index is 743.